The van der Waals surface area contributed by atoms with Gasteiger partial charge < -0.3 is 5.32 Å². The number of benzene rings is 1. The number of rotatable bonds is 2. The van der Waals surface area contributed by atoms with Gasteiger partial charge in [-0.25, -0.2) is 4.39 Å². The van der Waals surface area contributed by atoms with Gasteiger partial charge in [0.25, 0.3) is 5.91 Å². The summed E-state index contributed by atoms with van der Waals surface area (Å²) < 4.78 is 14.7. The van der Waals surface area contributed by atoms with Crippen LogP contribution in [0.25, 0.3) is 0 Å². The molecular formula is C11H6BrFINOS. The van der Waals surface area contributed by atoms with Crippen molar-refractivity contribution in [1.82, 2.24) is 0 Å². The van der Waals surface area contributed by atoms with Crippen molar-refractivity contribution >= 4 is 61.5 Å². The number of nitrogens with one attached hydrogen (secondary N) is 1. The first-order valence-corrected chi connectivity index (χ1v) is 7.32. The van der Waals surface area contributed by atoms with Gasteiger partial charge in [0.2, 0.25) is 0 Å². The minimum absolute atomic E-state index is 0.231. The quantitative estimate of drug-likeness (QED) is 0.705. The first kappa shape index (κ1) is 13.0. The van der Waals surface area contributed by atoms with Crippen molar-refractivity contribution in [3.8, 4) is 0 Å². The standard InChI is InChI=1S/C11H6BrFINOS/c12-8-2-1-7(4-9(8)13)15-11(16)6-3-10(14)17-5-6/h1-5H,(H,15,16). The van der Waals surface area contributed by atoms with Crippen LogP contribution in [0.2, 0.25) is 0 Å². The molecule has 0 fully saturated rings. The van der Waals surface area contributed by atoms with E-state index in [4.69, 9.17) is 0 Å². The molecule has 6 heteroatoms. The summed E-state index contributed by atoms with van der Waals surface area (Å²) in [4.78, 5) is 11.8. The molecule has 0 saturated heterocycles. The Morgan fingerprint density at radius 2 is 2.18 bits per heavy atom. The van der Waals surface area contributed by atoms with Gasteiger partial charge >= 0.3 is 0 Å². The fraction of sp³-hybridized carbons (Fsp3) is 0. The smallest absolute Gasteiger partial charge is 0.256 e. The van der Waals surface area contributed by atoms with Crippen LogP contribution in [0.1, 0.15) is 10.4 Å². The van der Waals surface area contributed by atoms with Crippen LogP contribution in [-0.4, -0.2) is 5.91 Å². The Morgan fingerprint density at radius 1 is 1.41 bits per heavy atom. The molecule has 0 aliphatic rings. The largest absolute Gasteiger partial charge is 0.322 e. The topological polar surface area (TPSA) is 29.1 Å². The van der Waals surface area contributed by atoms with Crippen LogP contribution in [0.5, 0.6) is 0 Å². The highest BCUT2D eigenvalue weighted by Crippen LogP contribution is 2.21. The normalized spacial score (nSPS) is 10.3. The molecule has 0 aliphatic heterocycles. The summed E-state index contributed by atoms with van der Waals surface area (Å²) in [6, 6.07) is 6.26. The number of halogens is 3. The van der Waals surface area contributed by atoms with Gasteiger partial charge in [-0.05, 0) is 62.8 Å². The van der Waals surface area contributed by atoms with E-state index in [1.807, 2.05) is 0 Å². The third-order valence-corrected chi connectivity index (χ3v) is 4.44. The maximum atomic E-state index is 13.2. The molecule has 0 saturated carbocycles. The van der Waals surface area contributed by atoms with Crippen LogP contribution >= 0.6 is 49.9 Å². The van der Waals surface area contributed by atoms with Crippen LogP contribution in [0.4, 0.5) is 10.1 Å². The molecular weight excluding hydrogens is 420 g/mol. The Kier molecular flexibility index (Phi) is 4.16. The van der Waals surface area contributed by atoms with Gasteiger partial charge in [-0.2, -0.15) is 0 Å². The van der Waals surface area contributed by atoms with Crippen LogP contribution < -0.4 is 5.32 Å². The number of anilines is 1. The predicted molar refractivity (Wildman–Crippen MR) is 79.1 cm³/mol. The zero-order valence-electron chi connectivity index (χ0n) is 8.34. The molecule has 1 aromatic heterocycles. The van der Waals surface area contributed by atoms with Gasteiger partial charge in [0, 0.05) is 11.1 Å². The highest BCUT2D eigenvalue weighted by molar-refractivity contribution is 14.1. The summed E-state index contributed by atoms with van der Waals surface area (Å²) >= 11 is 6.70. The van der Waals surface area contributed by atoms with E-state index in [0.717, 1.165) is 2.88 Å². The minimum Gasteiger partial charge on any atom is -0.322 e. The van der Waals surface area contributed by atoms with E-state index in [9.17, 15) is 9.18 Å². The predicted octanol–water partition coefficient (Wildman–Crippen LogP) is 4.51. The van der Waals surface area contributed by atoms with Gasteiger partial charge in [-0.3, -0.25) is 4.79 Å². The number of hydrogen-bond donors (Lipinski definition) is 1. The fourth-order valence-electron chi connectivity index (χ4n) is 1.21. The van der Waals surface area contributed by atoms with Crippen LogP contribution in [-0.2, 0) is 0 Å². The van der Waals surface area contributed by atoms with Gasteiger partial charge in [0.15, 0.2) is 0 Å². The first-order chi connectivity index (χ1) is 8.06. The molecule has 2 rings (SSSR count). The third kappa shape index (κ3) is 3.26. The number of carbonyl (C=O) groups excluding carboxylic acids is 1. The molecule has 1 N–H and O–H groups in total. The molecule has 88 valence electrons. The molecule has 1 aromatic carbocycles. The lowest BCUT2D eigenvalue weighted by Crippen LogP contribution is -2.10. The summed E-state index contributed by atoms with van der Waals surface area (Å²) in [5.74, 6) is -0.631. The molecule has 17 heavy (non-hydrogen) atoms. The van der Waals surface area contributed by atoms with Crippen LogP contribution in [0, 0.1) is 8.70 Å². The number of hydrogen-bond acceptors (Lipinski definition) is 2. The Bertz CT molecular complexity index is 572. The number of carbonyl (C=O) groups is 1. The Hall–Kier alpha value is -0.470. The average Bonchev–Trinajstić information content (AvgIpc) is 2.70. The lowest BCUT2D eigenvalue weighted by molar-refractivity contribution is 0.102. The Balaban J connectivity index is 2.15. The molecule has 1 amide bonds. The Labute approximate surface area is 124 Å². The maximum absolute atomic E-state index is 13.2. The van der Waals surface area contributed by atoms with E-state index in [2.05, 4.69) is 43.8 Å². The molecule has 2 aromatic rings. The molecule has 0 radical (unpaired) electrons. The second-order valence-corrected chi connectivity index (χ2v) is 6.88. The van der Waals surface area contributed by atoms with E-state index in [0.29, 0.717) is 15.7 Å². The van der Waals surface area contributed by atoms with E-state index in [1.54, 1.807) is 23.6 Å². The summed E-state index contributed by atoms with van der Waals surface area (Å²) in [5.41, 5.74) is 1.03. The Morgan fingerprint density at radius 3 is 2.76 bits per heavy atom. The van der Waals surface area contributed by atoms with Crippen molar-refractivity contribution in [3.05, 3.63) is 48.4 Å². The van der Waals surface area contributed by atoms with E-state index in [1.165, 1.54) is 17.4 Å². The third-order valence-electron chi connectivity index (χ3n) is 2.01. The monoisotopic (exact) mass is 425 g/mol. The highest BCUT2D eigenvalue weighted by Gasteiger charge is 2.09. The highest BCUT2D eigenvalue weighted by atomic mass is 127. The van der Waals surface area contributed by atoms with Crippen LogP contribution in [0.3, 0.4) is 0 Å². The van der Waals surface area contributed by atoms with Crippen molar-refractivity contribution in [3.63, 3.8) is 0 Å². The van der Waals surface area contributed by atoms with E-state index in [-0.39, 0.29) is 5.91 Å². The second-order valence-electron chi connectivity index (χ2n) is 3.22. The van der Waals surface area contributed by atoms with Crippen molar-refractivity contribution in [2.45, 2.75) is 0 Å². The second kappa shape index (κ2) is 5.45. The molecule has 0 spiro atoms. The van der Waals surface area contributed by atoms with Gasteiger partial charge in [-0.1, -0.05) is 0 Å². The average molecular weight is 426 g/mol. The molecule has 2 nitrogen and oxygen atoms in total. The first-order valence-electron chi connectivity index (χ1n) is 4.56. The van der Waals surface area contributed by atoms with E-state index < -0.39 is 5.82 Å². The van der Waals surface area contributed by atoms with Gasteiger partial charge in [-0.15, -0.1) is 11.3 Å². The zero-order valence-corrected chi connectivity index (χ0v) is 12.9. The molecule has 0 bridgehead atoms. The van der Waals surface area contributed by atoms with Crippen molar-refractivity contribution in [1.29, 1.82) is 0 Å². The van der Waals surface area contributed by atoms with Gasteiger partial charge in [0.05, 0.1) is 12.9 Å². The zero-order chi connectivity index (χ0) is 12.4. The van der Waals surface area contributed by atoms with Crippen molar-refractivity contribution in [2.24, 2.45) is 0 Å². The SMILES string of the molecule is O=C(Nc1ccc(Br)c(F)c1)c1csc(I)c1. The number of thiophene rings is 1. The van der Waals surface area contributed by atoms with Crippen molar-refractivity contribution < 1.29 is 9.18 Å². The fourth-order valence-corrected chi connectivity index (χ4v) is 2.78. The summed E-state index contributed by atoms with van der Waals surface area (Å²) in [5, 5.41) is 4.41. The minimum atomic E-state index is -0.400. The molecule has 0 atom stereocenters. The molecule has 1 heterocycles. The van der Waals surface area contributed by atoms with Crippen molar-refractivity contribution in [2.75, 3.05) is 5.32 Å². The lowest BCUT2D eigenvalue weighted by atomic mass is 10.2. The molecule has 0 unspecified atom stereocenters. The van der Waals surface area contributed by atoms with Crippen LogP contribution in [0.15, 0.2) is 34.1 Å². The maximum Gasteiger partial charge on any atom is 0.256 e. The van der Waals surface area contributed by atoms with Gasteiger partial charge in [0.1, 0.15) is 5.82 Å². The summed E-state index contributed by atoms with van der Waals surface area (Å²) in [6.45, 7) is 0. The molecule has 0 aliphatic carbocycles. The van der Waals surface area contributed by atoms with E-state index >= 15 is 0 Å². The summed E-state index contributed by atoms with van der Waals surface area (Å²) in [7, 11) is 0. The summed E-state index contributed by atoms with van der Waals surface area (Å²) in [6.07, 6.45) is 0. The number of amides is 1. The lowest BCUT2D eigenvalue weighted by Gasteiger charge is -2.04.